The van der Waals surface area contributed by atoms with Gasteiger partial charge in [0.15, 0.2) is 0 Å². The van der Waals surface area contributed by atoms with Crippen LogP contribution in [-0.2, 0) is 9.59 Å². The zero-order chi connectivity index (χ0) is 20.4. The van der Waals surface area contributed by atoms with Crippen LogP contribution >= 0.6 is 11.6 Å². The zero-order valence-electron chi connectivity index (χ0n) is 14.6. The molecule has 0 aromatic heterocycles. The number of urea groups is 1. The number of anilines is 2. The predicted molar refractivity (Wildman–Crippen MR) is 102 cm³/mol. The van der Waals surface area contributed by atoms with Gasteiger partial charge in [-0.25, -0.2) is 9.69 Å². The van der Waals surface area contributed by atoms with Crippen molar-refractivity contribution in [2.45, 2.75) is 6.92 Å². The number of hydrogen-bond acceptors (Lipinski definition) is 5. The Labute approximate surface area is 164 Å². The average Bonchev–Trinajstić information content (AvgIpc) is 2.64. The Bertz CT molecular complexity index is 976. The molecule has 1 aliphatic heterocycles. The lowest BCUT2D eigenvalue weighted by Gasteiger charge is -2.30. The van der Waals surface area contributed by atoms with Crippen LogP contribution in [0.5, 0.6) is 0 Å². The van der Waals surface area contributed by atoms with E-state index in [1.807, 2.05) is 0 Å². The van der Waals surface area contributed by atoms with Crippen LogP contribution in [0, 0.1) is 23.0 Å². The molecule has 1 saturated heterocycles. The minimum absolute atomic E-state index is 0.0141. The number of imide groups is 1. The summed E-state index contributed by atoms with van der Waals surface area (Å²) in [6.07, 6.45) is 0. The first-order valence-corrected chi connectivity index (χ1v) is 8.59. The molecule has 0 saturated carbocycles. The lowest BCUT2D eigenvalue weighted by molar-refractivity contribution is -0.384. The van der Waals surface area contributed by atoms with Crippen molar-refractivity contribution in [2.75, 3.05) is 16.8 Å². The molecule has 144 valence electrons. The summed E-state index contributed by atoms with van der Waals surface area (Å²) in [7, 11) is 0. The Balaban J connectivity index is 1.87. The van der Waals surface area contributed by atoms with E-state index in [2.05, 4.69) is 10.6 Å². The smallest absolute Gasteiger partial charge is 0.328 e. The minimum Gasteiger partial charge on any atom is -0.336 e. The van der Waals surface area contributed by atoms with Crippen molar-refractivity contribution in [3.05, 3.63) is 63.2 Å². The number of hydrogen-bond donors (Lipinski definition) is 2. The second kappa shape index (κ2) is 7.65. The van der Waals surface area contributed by atoms with Crippen LogP contribution in [-0.4, -0.2) is 29.3 Å². The molecule has 1 unspecified atom stereocenters. The third-order valence-electron chi connectivity index (χ3n) is 4.28. The van der Waals surface area contributed by atoms with Crippen molar-refractivity contribution in [1.29, 1.82) is 0 Å². The van der Waals surface area contributed by atoms with Crippen molar-refractivity contribution >= 4 is 46.5 Å². The quantitative estimate of drug-likeness (QED) is 0.462. The van der Waals surface area contributed by atoms with Gasteiger partial charge in [-0.1, -0.05) is 23.7 Å². The molecular weight excluding hydrogens is 388 g/mol. The number of benzene rings is 2. The normalized spacial score (nSPS) is 16.5. The molecule has 1 atom stereocenters. The van der Waals surface area contributed by atoms with Gasteiger partial charge in [0, 0.05) is 17.6 Å². The fourth-order valence-corrected chi connectivity index (χ4v) is 2.95. The highest BCUT2D eigenvalue weighted by atomic mass is 35.5. The first-order chi connectivity index (χ1) is 13.3. The Morgan fingerprint density at radius 3 is 2.57 bits per heavy atom. The molecule has 2 aromatic rings. The molecule has 0 aliphatic carbocycles. The number of nitro groups is 1. The molecule has 2 aromatic carbocycles. The lowest BCUT2D eigenvalue weighted by Crippen LogP contribution is -2.58. The standard InChI is InChI=1S/C18H15ClN4O5/c1-10-3-2-4-14(23(27)28)15(10)21-16(24)13-9-20-18(26)22(17(13)25)12-7-5-11(19)6-8-12/h2-8,13H,9H2,1H3,(H,20,26)(H,21,24). The van der Waals surface area contributed by atoms with E-state index in [4.69, 9.17) is 11.6 Å². The first-order valence-electron chi connectivity index (χ1n) is 8.22. The van der Waals surface area contributed by atoms with E-state index < -0.39 is 28.7 Å². The summed E-state index contributed by atoms with van der Waals surface area (Å²) in [6.45, 7) is 1.39. The largest absolute Gasteiger partial charge is 0.336 e. The van der Waals surface area contributed by atoms with Gasteiger partial charge in [-0.2, -0.15) is 0 Å². The van der Waals surface area contributed by atoms with Crippen LogP contribution in [0.25, 0.3) is 0 Å². The summed E-state index contributed by atoms with van der Waals surface area (Å²) in [5.41, 5.74) is 0.464. The number of rotatable bonds is 4. The maximum Gasteiger partial charge on any atom is 0.328 e. The topological polar surface area (TPSA) is 122 Å². The highest BCUT2D eigenvalue weighted by molar-refractivity contribution is 6.30. The third kappa shape index (κ3) is 3.65. The summed E-state index contributed by atoms with van der Waals surface area (Å²) in [5.74, 6) is -2.73. The van der Waals surface area contributed by atoms with Gasteiger partial charge < -0.3 is 10.6 Å². The van der Waals surface area contributed by atoms with Gasteiger partial charge in [0.25, 0.3) is 5.69 Å². The van der Waals surface area contributed by atoms with Crippen LogP contribution in [0.15, 0.2) is 42.5 Å². The van der Waals surface area contributed by atoms with Crippen LogP contribution in [0.4, 0.5) is 21.9 Å². The Morgan fingerprint density at radius 1 is 1.25 bits per heavy atom. The molecule has 1 aliphatic rings. The van der Waals surface area contributed by atoms with Crippen molar-refractivity contribution in [3.8, 4) is 0 Å². The number of halogens is 1. The summed E-state index contributed by atoms with van der Waals surface area (Å²) in [5, 5.41) is 16.6. The highest BCUT2D eigenvalue weighted by Crippen LogP contribution is 2.29. The Morgan fingerprint density at radius 2 is 1.93 bits per heavy atom. The van der Waals surface area contributed by atoms with Crippen LogP contribution < -0.4 is 15.5 Å². The first kappa shape index (κ1) is 19.3. The second-order valence-corrected chi connectivity index (χ2v) is 6.54. The maximum absolute atomic E-state index is 12.8. The van der Waals surface area contributed by atoms with E-state index in [9.17, 15) is 24.5 Å². The van der Waals surface area contributed by atoms with Crippen molar-refractivity contribution in [1.82, 2.24) is 5.32 Å². The van der Waals surface area contributed by atoms with Gasteiger partial charge in [0.05, 0.1) is 10.6 Å². The van der Waals surface area contributed by atoms with Crippen molar-refractivity contribution < 1.29 is 19.3 Å². The third-order valence-corrected chi connectivity index (χ3v) is 4.53. The van der Waals surface area contributed by atoms with Gasteiger partial charge >= 0.3 is 6.03 Å². The van der Waals surface area contributed by atoms with Crippen LogP contribution in [0.3, 0.4) is 0 Å². The molecular formula is C18H15ClN4O5. The number of amides is 4. The predicted octanol–water partition coefficient (Wildman–Crippen LogP) is 2.87. The van der Waals surface area contributed by atoms with Crippen molar-refractivity contribution in [2.24, 2.45) is 5.92 Å². The highest BCUT2D eigenvalue weighted by Gasteiger charge is 2.40. The van der Waals surface area contributed by atoms with E-state index in [0.29, 0.717) is 10.6 Å². The maximum atomic E-state index is 12.8. The lowest BCUT2D eigenvalue weighted by atomic mass is 10.0. The number of aryl methyl sites for hydroxylation is 1. The van der Waals surface area contributed by atoms with Crippen LogP contribution in [0.1, 0.15) is 5.56 Å². The van der Waals surface area contributed by atoms with E-state index in [1.54, 1.807) is 13.0 Å². The molecule has 0 radical (unpaired) electrons. The van der Waals surface area contributed by atoms with Gasteiger partial charge in [-0.15, -0.1) is 0 Å². The van der Waals surface area contributed by atoms with Gasteiger partial charge in [0.1, 0.15) is 11.6 Å². The molecule has 2 N–H and O–H groups in total. The summed E-state index contributed by atoms with van der Waals surface area (Å²) in [6, 6.07) is 9.67. The SMILES string of the molecule is Cc1cccc([N+](=O)[O-])c1NC(=O)C1CNC(=O)N(c2ccc(Cl)cc2)C1=O. The molecule has 10 heteroatoms. The number of carbonyl (C=O) groups is 3. The van der Waals surface area contributed by atoms with Crippen LogP contribution in [0.2, 0.25) is 5.02 Å². The van der Waals surface area contributed by atoms with Gasteiger partial charge in [-0.3, -0.25) is 19.7 Å². The summed E-state index contributed by atoms with van der Waals surface area (Å²) < 4.78 is 0. The van der Waals surface area contributed by atoms with E-state index in [1.165, 1.54) is 36.4 Å². The van der Waals surface area contributed by atoms with Gasteiger partial charge in [-0.05, 0) is 36.8 Å². The molecule has 4 amide bonds. The average molecular weight is 403 g/mol. The fourth-order valence-electron chi connectivity index (χ4n) is 2.83. The molecule has 3 rings (SSSR count). The van der Waals surface area contributed by atoms with E-state index in [-0.39, 0.29) is 23.6 Å². The number of carbonyl (C=O) groups excluding carboxylic acids is 3. The van der Waals surface area contributed by atoms with E-state index in [0.717, 1.165) is 4.90 Å². The Kier molecular flexibility index (Phi) is 5.27. The fraction of sp³-hybridized carbons (Fsp3) is 0.167. The minimum atomic E-state index is -1.24. The molecule has 0 spiro atoms. The molecule has 9 nitrogen and oxygen atoms in total. The number of para-hydroxylation sites is 1. The number of nitro benzene ring substituents is 1. The zero-order valence-corrected chi connectivity index (χ0v) is 15.4. The number of nitrogens with zero attached hydrogens (tertiary/aromatic N) is 2. The summed E-state index contributed by atoms with van der Waals surface area (Å²) in [4.78, 5) is 49.1. The van der Waals surface area contributed by atoms with Gasteiger partial charge in [0.2, 0.25) is 11.8 Å². The molecule has 28 heavy (non-hydrogen) atoms. The molecule has 1 fully saturated rings. The Hall–Kier alpha value is -3.46. The summed E-state index contributed by atoms with van der Waals surface area (Å²) >= 11 is 5.82. The van der Waals surface area contributed by atoms with E-state index >= 15 is 0 Å². The second-order valence-electron chi connectivity index (χ2n) is 6.10. The monoisotopic (exact) mass is 402 g/mol. The number of nitrogens with one attached hydrogen (secondary N) is 2. The molecule has 1 heterocycles. The van der Waals surface area contributed by atoms with Crippen molar-refractivity contribution in [3.63, 3.8) is 0 Å². The molecule has 0 bridgehead atoms.